The molecular weight excluding hydrogens is 397 g/mol. The number of nitrogens with one attached hydrogen (secondary N) is 1. The number of carbonyl (C=O) groups is 1. The molecule has 1 aliphatic rings. The first-order chi connectivity index (χ1) is 14.9. The molecule has 2 N–H and O–H groups in total. The van der Waals surface area contributed by atoms with E-state index in [4.69, 9.17) is 0 Å². The molecule has 3 atom stereocenters. The third kappa shape index (κ3) is 4.23. The Morgan fingerprint density at radius 1 is 1.32 bits per heavy atom. The van der Waals surface area contributed by atoms with Gasteiger partial charge in [-0.25, -0.2) is 14.4 Å². The molecule has 3 aromatic rings. The first-order valence-electron chi connectivity index (χ1n) is 10.2. The van der Waals surface area contributed by atoms with Crippen LogP contribution in [0.5, 0.6) is 0 Å². The molecule has 4 rings (SSSR count). The van der Waals surface area contributed by atoms with Crippen LogP contribution in [0.2, 0.25) is 0 Å². The van der Waals surface area contributed by atoms with Crippen molar-refractivity contribution >= 4 is 22.6 Å². The van der Waals surface area contributed by atoms with Gasteiger partial charge in [-0.1, -0.05) is 13.3 Å². The van der Waals surface area contributed by atoms with Gasteiger partial charge in [0, 0.05) is 35.0 Å². The van der Waals surface area contributed by atoms with Gasteiger partial charge in [0.1, 0.15) is 23.8 Å². The monoisotopic (exact) mass is 419 g/mol. The standard InChI is InChI=1S/C23H22FN5O2/c1-3-4-21(30)19-5-12(2)16(11-26-19)14-6-13-10-27-22(8-18(13)28-20(14)9-25)29-23(31)15-7-17(15)24/h5-6,8,10-11,15,17,21,30H,3-4,7H2,1-2H3,(H,27,29,31)/t15-,17+,21?/m0/s1. The van der Waals surface area contributed by atoms with Gasteiger partial charge in [0.2, 0.25) is 5.91 Å². The Bertz CT molecular complexity index is 1210. The van der Waals surface area contributed by atoms with Crippen LogP contribution in [0, 0.1) is 24.2 Å². The molecule has 7 nitrogen and oxygen atoms in total. The second-order valence-corrected chi connectivity index (χ2v) is 7.83. The predicted molar refractivity (Wildman–Crippen MR) is 114 cm³/mol. The smallest absolute Gasteiger partial charge is 0.231 e. The minimum Gasteiger partial charge on any atom is -0.387 e. The molecule has 1 amide bonds. The number of anilines is 1. The van der Waals surface area contributed by atoms with Gasteiger partial charge in [-0.3, -0.25) is 9.78 Å². The maximum atomic E-state index is 13.1. The van der Waals surface area contributed by atoms with Crippen LogP contribution in [0.3, 0.4) is 0 Å². The maximum Gasteiger partial charge on any atom is 0.231 e. The number of halogens is 1. The number of nitrogens with zero attached hydrogens (tertiary/aromatic N) is 4. The lowest BCUT2D eigenvalue weighted by Crippen LogP contribution is -2.15. The minimum atomic E-state index is -1.09. The number of hydrogen-bond donors (Lipinski definition) is 2. The van der Waals surface area contributed by atoms with Crippen molar-refractivity contribution in [2.75, 3.05) is 5.32 Å². The third-order valence-corrected chi connectivity index (χ3v) is 5.43. The number of alkyl halides is 1. The Morgan fingerprint density at radius 2 is 2.10 bits per heavy atom. The molecule has 0 spiro atoms. The number of aryl methyl sites for hydroxylation is 1. The van der Waals surface area contributed by atoms with Crippen LogP contribution >= 0.6 is 0 Å². The highest BCUT2D eigenvalue weighted by atomic mass is 19.1. The second-order valence-electron chi connectivity index (χ2n) is 7.83. The van der Waals surface area contributed by atoms with Crippen LogP contribution in [-0.2, 0) is 4.79 Å². The predicted octanol–water partition coefficient (Wildman–Crippen LogP) is 4.00. The number of pyridine rings is 3. The lowest BCUT2D eigenvalue weighted by atomic mass is 9.98. The summed E-state index contributed by atoms with van der Waals surface area (Å²) in [5.41, 5.74) is 3.56. The Kier molecular flexibility index (Phi) is 5.61. The van der Waals surface area contributed by atoms with E-state index < -0.39 is 24.1 Å². The zero-order valence-electron chi connectivity index (χ0n) is 17.3. The van der Waals surface area contributed by atoms with Gasteiger partial charge >= 0.3 is 0 Å². The van der Waals surface area contributed by atoms with E-state index in [2.05, 4.69) is 26.3 Å². The summed E-state index contributed by atoms with van der Waals surface area (Å²) in [4.78, 5) is 25.0. The molecule has 0 radical (unpaired) electrons. The van der Waals surface area contributed by atoms with E-state index in [0.29, 0.717) is 28.6 Å². The van der Waals surface area contributed by atoms with E-state index in [0.717, 1.165) is 17.5 Å². The SMILES string of the molecule is CCCC(O)c1cc(C)c(-c2cc3cnc(NC(=O)[C@H]4C[C@H]4F)cc3nc2C#N)cn1. The fourth-order valence-corrected chi connectivity index (χ4v) is 3.54. The van der Waals surface area contributed by atoms with Crippen LogP contribution in [0.25, 0.3) is 22.0 Å². The fourth-order valence-electron chi connectivity index (χ4n) is 3.54. The van der Waals surface area contributed by atoms with Gasteiger partial charge < -0.3 is 10.4 Å². The number of fused-ring (bicyclic) bond motifs is 1. The van der Waals surface area contributed by atoms with Crippen LogP contribution in [0.4, 0.5) is 10.2 Å². The molecule has 8 heteroatoms. The molecule has 3 heterocycles. The number of rotatable bonds is 6. The highest BCUT2D eigenvalue weighted by Crippen LogP contribution is 2.35. The maximum absolute atomic E-state index is 13.1. The number of hydrogen-bond acceptors (Lipinski definition) is 6. The number of aliphatic hydroxyl groups excluding tert-OH is 1. The molecule has 31 heavy (non-hydrogen) atoms. The molecule has 1 saturated carbocycles. The van der Waals surface area contributed by atoms with Gasteiger partial charge in [0.25, 0.3) is 0 Å². The molecule has 3 aromatic heterocycles. The quantitative estimate of drug-likeness (QED) is 0.625. The fraction of sp³-hybridized carbons (Fsp3) is 0.348. The van der Waals surface area contributed by atoms with Crippen molar-refractivity contribution in [3.8, 4) is 17.2 Å². The molecule has 0 aromatic carbocycles. The highest BCUT2D eigenvalue weighted by Gasteiger charge is 2.43. The Balaban J connectivity index is 1.68. The number of aromatic nitrogens is 3. The number of amides is 1. The van der Waals surface area contributed by atoms with Crippen molar-refractivity contribution in [2.24, 2.45) is 5.92 Å². The zero-order chi connectivity index (χ0) is 22.1. The second kappa shape index (κ2) is 8.36. The minimum absolute atomic E-state index is 0.216. The van der Waals surface area contributed by atoms with Crippen LogP contribution in [0.15, 0.2) is 30.6 Å². The average molecular weight is 419 g/mol. The summed E-state index contributed by atoms with van der Waals surface area (Å²) in [5.74, 6) is -0.742. The zero-order valence-corrected chi connectivity index (χ0v) is 17.3. The Morgan fingerprint density at radius 3 is 2.74 bits per heavy atom. The highest BCUT2D eigenvalue weighted by molar-refractivity contribution is 5.96. The Hall–Kier alpha value is -3.44. The van der Waals surface area contributed by atoms with Crippen molar-refractivity contribution < 1.29 is 14.3 Å². The van der Waals surface area contributed by atoms with Crippen molar-refractivity contribution in [2.45, 2.75) is 45.4 Å². The van der Waals surface area contributed by atoms with Gasteiger partial charge in [0.05, 0.1) is 23.2 Å². The third-order valence-electron chi connectivity index (χ3n) is 5.43. The number of carbonyl (C=O) groups excluding carboxylic acids is 1. The van der Waals surface area contributed by atoms with E-state index in [1.807, 2.05) is 26.0 Å². The first kappa shape index (κ1) is 20.8. The summed E-state index contributed by atoms with van der Waals surface area (Å²) in [5, 5.41) is 23.2. The van der Waals surface area contributed by atoms with E-state index in [9.17, 15) is 19.6 Å². The van der Waals surface area contributed by atoms with Gasteiger partial charge in [0.15, 0.2) is 0 Å². The van der Waals surface area contributed by atoms with E-state index in [1.54, 1.807) is 18.5 Å². The van der Waals surface area contributed by atoms with Crippen molar-refractivity contribution in [3.63, 3.8) is 0 Å². The molecule has 0 bridgehead atoms. The van der Waals surface area contributed by atoms with Crippen LogP contribution < -0.4 is 5.32 Å². The van der Waals surface area contributed by atoms with Crippen LogP contribution in [-0.4, -0.2) is 32.1 Å². The molecular formula is C23H22FN5O2. The lowest BCUT2D eigenvalue weighted by molar-refractivity contribution is -0.117. The normalized spacial score (nSPS) is 18.4. The first-order valence-corrected chi connectivity index (χ1v) is 10.2. The molecule has 0 aliphatic heterocycles. The lowest BCUT2D eigenvalue weighted by Gasteiger charge is -2.13. The van der Waals surface area contributed by atoms with E-state index >= 15 is 0 Å². The van der Waals surface area contributed by atoms with Crippen LogP contribution in [0.1, 0.15) is 49.2 Å². The summed E-state index contributed by atoms with van der Waals surface area (Å²) in [6.45, 7) is 3.90. The van der Waals surface area contributed by atoms with Crippen molar-refractivity contribution in [1.82, 2.24) is 15.0 Å². The Labute approximate surface area is 179 Å². The number of nitriles is 1. The topological polar surface area (TPSA) is 112 Å². The largest absolute Gasteiger partial charge is 0.387 e. The van der Waals surface area contributed by atoms with Crippen molar-refractivity contribution in [1.29, 1.82) is 5.26 Å². The molecule has 1 unspecified atom stereocenters. The summed E-state index contributed by atoms with van der Waals surface area (Å²) < 4.78 is 13.1. The van der Waals surface area contributed by atoms with Gasteiger partial charge in [-0.15, -0.1) is 0 Å². The summed E-state index contributed by atoms with van der Waals surface area (Å²) in [6, 6.07) is 7.33. The van der Waals surface area contributed by atoms with Crippen molar-refractivity contribution in [3.05, 3.63) is 47.5 Å². The molecule has 1 fully saturated rings. The molecule has 0 saturated heterocycles. The summed E-state index contributed by atoms with van der Waals surface area (Å²) in [6.07, 6.45) is 3.22. The summed E-state index contributed by atoms with van der Waals surface area (Å²) >= 11 is 0. The average Bonchev–Trinajstić information content (AvgIpc) is 3.49. The van der Waals surface area contributed by atoms with Gasteiger partial charge in [-0.05, 0) is 37.5 Å². The van der Waals surface area contributed by atoms with E-state index in [-0.39, 0.29) is 17.9 Å². The van der Waals surface area contributed by atoms with Gasteiger partial charge in [-0.2, -0.15) is 5.26 Å². The molecule has 158 valence electrons. The molecule has 1 aliphatic carbocycles. The number of aliphatic hydroxyl groups is 1. The summed E-state index contributed by atoms with van der Waals surface area (Å²) in [7, 11) is 0. The van der Waals surface area contributed by atoms with E-state index in [1.165, 1.54) is 0 Å².